The Labute approximate surface area is 80.4 Å². The van der Waals surface area contributed by atoms with Gasteiger partial charge < -0.3 is 9.84 Å². The van der Waals surface area contributed by atoms with Crippen molar-refractivity contribution in [2.45, 2.75) is 0 Å². The molecule has 72 valence electrons. The second kappa shape index (κ2) is 4.23. The summed E-state index contributed by atoms with van der Waals surface area (Å²) in [5.74, 6) is -1.80. The number of ether oxygens (including phenoxy) is 1. The van der Waals surface area contributed by atoms with Gasteiger partial charge in [0.2, 0.25) is 0 Å². The number of carboxylic acids is 1. The number of para-hydroxylation sites is 1. The molecule has 0 radical (unpaired) electrons. The van der Waals surface area contributed by atoms with Gasteiger partial charge in [0, 0.05) is 6.08 Å². The molecular weight excluding hydrogens is 184 g/mol. The molecule has 14 heavy (non-hydrogen) atoms. The lowest BCUT2D eigenvalue weighted by Gasteiger charge is -2.03. The number of hydrogen-bond donors (Lipinski definition) is 1. The van der Waals surface area contributed by atoms with Crippen molar-refractivity contribution in [1.29, 1.82) is 0 Å². The van der Waals surface area contributed by atoms with Gasteiger partial charge in [0.25, 0.3) is 0 Å². The Balaban J connectivity index is 3.01. The van der Waals surface area contributed by atoms with Gasteiger partial charge in [-0.05, 0) is 12.1 Å². The average molecular weight is 192 g/mol. The molecule has 0 spiro atoms. The summed E-state index contributed by atoms with van der Waals surface area (Å²) in [4.78, 5) is 21.5. The lowest BCUT2D eigenvalue weighted by Crippen LogP contribution is -2.07. The van der Waals surface area contributed by atoms with Crippen LogP contribution in [0, 0.1) is 0 Å². The maximum atomic E-state index is 10.8. The molecule has 1 N–H and O–H groups in total. The van der Waals surface area contributed by atoms with Crippen molar-refractivity contribution in [3.63, 3.8) is 0 Å². The Morgan fingerprint density at radius 2 is 2.00 bits per heavy atom. The van der Waals surface area contributed by atoms with Gasteiger partial charge in [-0.25, -0.2) is 9.59 Å². The molecule has 0 saturated heterocycles. The van der Waals surface area contributed by atoms with E-state index >= 15 is 0 Å². The van der Waals surface area contributed by atoms with Crippen LogP contribution < -0.4 is 4.74 Å². The van der Waals surface area contributed by atoms with Crippen molar-refractivity contribution >= 4 is 11.9 Å². The van der Waals surface area contributed by atoms with Crippen molar-refractivity contribution < 1.29 is 19.4 Å². The highest BCUT2D eigenvalue weighted by molar-refractivity contribution is 5.93. The number of aromatic carboxylic acids is 1. The second-order valence-electron chi connectivity index (χ2n) is 2.43. The molecule has 0 aliphatic heterocycles. The molecule has 0 amide bonds. The Hall–Kier alpha value is -2.10. The van der Waals surface area contributed by atoms with Gasteiger partial charge >= 0.3 is 11.9 Å². The van der Waals surface area contributed by atoms with Crippen LogP contribution in [0.15, 0.2) is 36.9 Å². The van der Waals surface area contributed by atoms with Crippen LogP contribution in [-0.2, 0) is 4.79 Å². The van der Waals surface area contributed by atoms with Gasteiger partial charge in [-0.1, -0.05) is 18.7 Å². The third-order valence-electron chi connectivity index (χ3n) is 1.49. The number of carbonyl (C=O) groups is 2. The van der Waals surface area contributed by atoms with E-state index in [1.807, 2.05) is 0 Å². The highest BCUT2D eigenvalue weighted by atomic mass is 16.5. The summed E-state index contributed by atoms with van der Waals surface area (Å²) in [6.07, 6.45) is 0.971. The van der Waals surface area contributed by atoms with Crippen molar-refractivity contribution in [3.8, 4) is 5.75 Å². The molecule has 0 bridgehead atoms. The molecular formula is C10H8O4. The van der Waals surface area contributed by atoms with Crippen LogP contribution in [0.4, 0.5) is 0 Å². The standard InChI is InChI=1S/C10H8O4/c1-2-9(11)14-8-6-4-3-5-7(8)10(12)13/h2-6H,1H2,(H,12,13). The predicted octanol–water partition coefficient (Wildman–Crippen LogP) is 1.48. The van der Waals surface area contributed by atoms with Crippen molar-refractivity contribution in [2.24, 2.45) is 0 Å². The summed E-state index contributed by atoms with van der Waals surface area (Å²) >= 11 is 0. The third kappa shape index (κ3) is 2.20. The summed E-state index contributed by atoms with van der Waals surface area (Å²) < 4.78 is 4.72. The Morgan fingerprint density at radius 3 is 2.57 bits per heavy atom. The van der Waals surface area contributed by atoms with E-state index in [9.17, 15) is 9.59 Å². The fraction of sp³-hybridized carbons (Fsp3) is 0. The normalized spacial score (nSPS) is 9.14. The molecule has 1 aromatic carbocycles. The maximum absolute atomic E-state index is 10.8. The van der Waals surface area contributed by atoms with Crippen LogP contribution >= 0.6 is 0 Å². The maximum Gasteiger partial charge on any atom is 0.339 e. The van der Waals surface area contributed by atoms with E-state index in [0.29, 0.717) is 0 Å². The first-order valence-electron chi connectivity index (χ1n) is 3.81. The van der Waals surface area contributed by atoms with Gasteiger partial charge in [-0.3, -0.25) is 0 Å². The first-order chi connectivity index (χ1) is 6.65. The van der Waals surface area contributed by atoms with Gasteiger partial charge in [0.1, 0.15) is 11.3 Å². The summed E-state index contributed by atoms with van der Waals surface area (Å²) in [5.41, 5.74) is -0.0531. The number of rotatable bonds is 3. The molecule has 0 heterocycles. The lowest BCUT2D eigenvalue weighted by molar-refractivity contribution is -0.128. The predicted molar refractivity (Wildman–Crippen MR) is 49.2 cm³/mol. The minimum absolute atomic E-state index is 0.0184. The van der Waals surface area contributed by atoms with Crippen LogP contribution in [0.25, 0.3) is 0 Å². The van der Waals surface area contributed by atoms with E-state index in [2.05, 4.69) is 6.58 Å². The number of carbonyl (C=O) groups excluding carboxylic acids is 1. The van der Waals surface area contributed by atoms with Gasteiger partial charge in [0.15, 0.2) is 0 Å². The molecule has 0 aromatic heterocycles. The minimum Gasteiger partial charge on any atom is -0.478 e. The number of esters is 1. The zero-order valence-corrected chi connectivity index (χ0v) is 7.27. The van der Waals surface area contributed by atoms with Crippen LogP contribution in [-0.4, -0.2) is 17.0 Å². The fourth-order valence-electron chi connectivity index (χ4n) is 0.882. The first kappa shape index (κ1) is 9.98. The van der Waals surface area contributed by atoms with E-state index in [1.165, 1.54) is 12.1 Å². The monoisotopic (exact) mass is 192 g/mol. The SMILES string of the molecule is C=CC(=O)Oc1ccccc1C(=O)O. The Bertz CT molecular complexity index is 381. The lowest BCUT2D eigenvalue weighted by atomic mass is 10.2. The average Bonchev–Trinajstić information content (AvgIpc) is 2.18. The van der Waals surface area contributed by atoms with Crippen LogP contribution in [0.3, 0.4) is 0 Å². The molecule has 0 atom stereocenters. The van der Waals surface area contributed by atoms with E-state index < -0.39 is 11.9 Å². The zero-order valence-electron chi connectivity index (χ0n) is 7.27. The summed E-state index contributed by atoms with van der Waals surface area (Å²) in [6, 6.07) is 5.89. The van der Waals surface area contributed by atoms with Gasteiger partial charge in [0.05, 0.1) is 0 Å². The van der Waals surface area contributed by atoms with E-state index in [-0.39, 0.29) is 11.3 Å². The topological polar surface area (TPSA) is 63.6 Å². The van der Waals surface area contributed by atoms with Crippen LogP contribution in [0.5, 0.6) is 5.75 Å². The molecule has 4 nitrogen and oxygen atoms in total. The molecule has 0 aliphatic carbocycles. The highest BCUT2D eigenvalue weighted by Crippen LogP contribution is 2.17. The van der Waals surface area contributed by atoms with E-state index in [0.717, 1.165) is 6.08 Å². The smallest absolute Gasteiger partial charge is 0.339 e. The fourth-order valence-corrected chi connectivity index (χ4v) is 0.882. The first-order valence-corrected chi connectivity index (χ1v) is 3.81. The Kier molecular flexibility index (Phi) is 3.01. The van der Waals surface area contributed by atoms with Crippen LogP contribution in [0.2, 0.25) is 0 Å². The van der Waals surface area contributed by atoms with Gasteiger partial charge in [-0.2, -0.15) is 0 Å². The number of hydrogen-bond acceptors (Lipinski definition) is 3. The quantitative estimate of drug-likeness (QED) is 0.447. The molecule has 0 unspecified atom stereocenters. The molecule has 0 saturated carbocycles. The third-order valence-corrected chi connectivity index (χ3v) is 1.49. The van der Waals surface area contributed by atoms with Crippen molar-refractivity contribution in [3.05, 3.63) is 42.5 Å². The van der Waals surface area contributed by atoms with E-state index in [4.69, 9.17) is 9.84 Å². The Morgan fingerprint density at radius 1 is 1.36 bits per heavy atom. The molecule has 1 aromatic rings. The molecule has 0 fully saturated rings. The van der Waals surface area contributed by atoms with Crippen LogP contribution in [0.1, 0.15) is 10.4 Å². The summed E-state index contributed by atoms with van der Waals surface area (Å²) in [7, 11) is 0. The highest BCUT2D eigenvalue weighted by Gasteiger charge is 2.11. The largest absolute Gasteiger partial charge is 0.478 e. The zero-order chi connectivity index (χ0) is 10.6. The number of carboxylic acid groups (broad SMARTS) is 1. The molecule has 4 heteroatoms. The molecule has 1 rings (SSSR count). The molecule has 0 aliphatic rings. The van der Waals surface area contributed by atoms with Gasteiger partial charge in [-0.15, -0.1) is 0 Å². The van der Waals surface area contributed by atoms with Crippen molar-refractivity contribution in [1.82, 2.24) is 0 Å². The number of benzene rings is 1. The van der Waals surface area contributed by atoms with Crippen molar-refractivity contribution in [2.75, 3.05) is 0 Å². The summed E-state index contributed by atoms with van der Waals surface area (Å²) in [5, 5.41) is 8.73. The second-order valence-corrected chi connectivity index (χ2v) is 2.43. The van der Waals surface area contributed by atoms with E-state index in [1.54, 1.807) is 12.1 Å². The minimum atomic E-state index is -1.14. The summed E-state index contributed by atoms with van der Waals surface area (Å²) in [6.45, 7) is 3.21.